The van der Waals surface area contributed by atoms with E-state index in [1.54, 1.807) is 22.8 Å². The number of nitriles is 1. The van der Waals surface area contributed by atoms with Crippen molar-refractivity contribution in [3.05, 3.63) is 99.6 Å². The van der Waals surface area contributed by atoms with Crippen molar-refractivity contribution < 1.29 is 0 Å². The highest BCUT2D eigenvalue weighted by Gasteiger charge is 2.29. The number of fused-ring (bicyclic) bond motifs is 1. The molecule has 0 amide bonds. The second kappa shape index (κ2) is 8.34. The van der Waals surface area contributed by atoms with Crippen molar-refractivity contribution in [2.24, 2.45) is 0 Å². The Morgan fingerprint density at radius 2 is 1.94 bits per heavy atom. The zero-order valence-electron chi connectivity index (χ0n) is 18.3. The fourth-order valence-electron chi connectivity index (χ4n) is 4.66. The Morgan fingerprint density at radius 1 is 1.09 bits per heavy atom. The molecule has 0 saturated heterocycles. The van der Waals surface area contributed by atoms with Crippen molar-refractivity contribution in [2.75, 3.05) is 0 Å². The molecule has 9 nitrogen and oxygen atoms in total. The summed E-state index contributed by atoms with van der Waals surface area (Å²) in [5.74, 6) is 0.603. The summed E-state index contributed by atoms with van der Waals surface area (Å²) >= 11 is 6.29. The van der Waals surface area contributed by atoms with Crippen LogP contribution < -0.4 is 5.56 Å². The number of tetrazole rings is 1. The monoisotopic (exact) mass is 480 g/mol. The Balaban J connectivity index is 1.43. The van der Waals surface area contributed by atoms with Crippen molar-refractivity contribution in [3.8, 4) is 34.1 Å². The third-order valence-electron chi connectivity index (χ3n) is 6.21. The van der Waals surface area contributed by atoms with Gasteiger partial charge in [0.15, 0.2) is 5.69 Å². The number of rotatable bonds is 4. The Labute approximate surface area is 204 Å². The first kappa shape index (κ1) is 21.0. The first-order chi connectivity index (χ1) is 17.1. The number of imidazole rings is 1. The minimum Gasteiger partial charge on any atom is -0.339 e. The molecule has 10 heteroatoms. The van der Waals surface area contributed by atoms with Gasteiger partial charge in [0.25, 0.3) is 5.56 Å². The largest absolute Gasteiger partial charge is 0.339 e. The lowest BCUT2D eigenvalue weighted by Crippen LogP contribution is -2.24. The van der Waals surface area contributed by atoms with E-state index in [1.165, 1.54) is 11.0 Å². The van der Waals surface area contributed by atoms with Crippen LogP contribution in [0.2, 0.25) is 5.02 Å². The molecule has 0 radical (unpaired) electrons. The van der Waals surface area contributed by atoms with Gasteiger partial charge in [-0.05, 0) is 53.1 Å². The van der Waals surface area contributed by atoms with Gasteiger partial charge in [-0.15, -0.1) is 5.10 Å². The van der Waals surface area contributed by atoms with E-state index in [9.17, 15) is 10.1 Å². The molecule has 0 spiro atoms. The molecule has 5 aromatic rings. The van der Waals surface area contributed by atoms with Crippen LogP contribution in [-0.2, 0) is 6.42 Å². The number of H-pyrrole nitrogens is 1. The second-order valence-corrected chi connectivity index (χ2v) is 8.67. The van der Waals surface area contributed by atoms with Gasteiger partial charge in [-0.2, -0.15) is 9.94 Å². The van der Waals surface area contributed by atoms with Gasteiger partial charge in [-0.1, -0.05) is 41.9 Å². The molecular weight excluding hydrogens is 464 g/mol. The predicted molar refractivity (Wildman–Crippen MR) is 129 cm³/mol. The fraction of sp³-hybridized carbons (Fsp3) is 0.120. The van der Waals surface area contributed by atoms with Gasteiger partial charge < -0.3 is 9.55 Å². The number of hydrogen-bond acceptors (Lipinski definition) is 6. The van der Waals surface area contributed by atoms with E-state index >= 15 is 0 Å². The molecule has 35 heavy (non-hydrogen) atoms. The van der Waals surface area contributed by atoms with Crippen LogP contribution in [-0.4, -0.2) is 34.7 Å². The number of hydrogen-bond donors (Lipinski definition) is 1. The third kappa shape index (κ3) is 3.61. The van der Waals surface area contributed by atoms with E-state index in [1.807, 2.05) is 42.5 Å². The van der Waals surface area contributed by atoms with Crippen molar-refractivity contribution in [2.45, 2.75) is 18.9 Å². The molecule has 0 fully saturated rings. The van der Waals surface area contributed by atoms with E-state index in [2.05, 4.69) is 31.6 Å². The van der Waals surface area contributed by atoms with Gasteiger partial charge in [0.2, 0.25) is 0 Å². The molecule has 1 atom stereocenters. The van der Waals surface area contributed by atoms with Gasteiger partial charge in [0.05, 0.1) is 17.4 Å². The van der Waals surface area contributed by atoms with Crippen molar-refractivity contribution in [1.29, 1.82) is 5.26 Å². The molecule has 1 aliphatic rings. The molecule has 0 aliphatic carbocycles. The molecule has 1 N–H and O–H groups in total. The third-order valence-corrected chi connectivity index (χ3v) is 6.44. The molecule has 6 rings (SSSR count). The Kier molecular flexibility index (Phi) is 5.01. The van der Waals surface area contributed by atoms with Gasteiger partial charge >= 0.3 is 0 Å². The van der Waals surface area contributed by atoms with Crippen LogP contribution in [0.4, 0.5) is 0 Å². The van der Waals surface area contributed by atoms with Gasteiger partial charge in [-0.3, -0.25) is 4.79 Å². The average Bonchev–Trinajstić information content (AvgIpc) is 3.63. The van der Waals surface area contributed by atoms with E-state index in [4.69, 9.17) is 11.6 Å². The molecule has 0 unspecified atom stereocenters. The van der Waals surface area contributed by atoms with Crippen LogP contribution in [0.15, 0.2) is 71.8 Å². The summed E-state index contributed by atoms with van der Waals surface area (Å²) in [6.45, 7) is 0. The zero-order chi connectivity index (χ0) is 23.9. The number of pyridine rings is 1. The van der Waals surface area contributed by atoms with Crippen molar-refractivity contribution in [3.63, 3.8) is 0 Å². The lowest BCUT2D eigenvalue weighted by Gasteiger charge is -2.15. The molecule has 3 aromatic heterocycles. The number of nitrogens with one attached hydrogen (secondary N) is 1. The normalized spacial score (nSPS) is 14.6. The summed E-state index contributed by atoms with van der Waals surface area (Å²) < 4.78 is 3.29. The number of benzene rings is 2. The van der Waals surface area contributed by atoms with Crippen LogP contribution in [0.3, 0.4) is 0 Å². The highest BCUT2D eigenvalue weighted by molar-refractivity contribution is 6.31. The van der Waals surface area contributed by atoms with Gasteiger partial charge in [-0.25, -0.2) is 4.98 Å². The number of aryl methyl sites for hydroxylation is 1. The standard InChI is InChI=1S/C25H17ClN8O/c26-17-6-8-21(33-14-28-31-32-33)19(12-17)16-10-18-7-9-22(34(18)23(35)11-16)25-29-20(13-27)24(30-25)15-4-2-1-3-5-15/h1-6,8,10-12,14,22H,7,9H2,(H,29,30)/t22-/m0/s1. The van der Waals surface area contributed by atoms with E-state index in [0.29, 0.717) is 35.1 Å². The molecule has 1 aliphatic heterocycles. The van der Waals surface area contributed by atoms with Gasteiger partial charge in [0.1, 0.15) is 18.2 Å². The molecule has 0 bridgehead atoms. The minimum absolute atomic E-state index is 0.154. The fourth-order valence-corrected chi connectivity index (χ4v) is 4.84. The average molecular weight is 481 g/mol. The Bertz CT molecular complexity index is 1650. The smallest absolute Gasteiger partial charge is 0.252 e. The van der Waals surface area contributed by atoms with Crippen LogP contribution >= 0.6 is 11.6 Å². The van der Waals surface area contributed by atoms with Crippen LogP contribution in [0, 0.1) is 11.3 Å². The second-order valence-electron chi connectivity index (χ2n) is 8.24. The first-order valence-corrected chi connectivity index (χ1v) is 11.3. The minimum atomic E-state index is -0.283. The molecule has 4 heterocycles. The maximum atomic E-state index is 13.4. The molecule has 170 valence electrons. The number of halogens is 1. The number of nitrogens with zero attached hydrogens (tertiary/aromatic N) is 7. The number of aromatic nitrogens is 7. The molecule has 0 saturated carbocycles. The summed E-state index contributed by atoms with van der Waals surface area (Å²) in [6.07, 6.45) is 2.88. The van der Waals surface area contributed by atoms with E-state index in [-0.39, 0.29) is 11.6 Å². The summed E-state index contributed by atoms with van der Waals surface area (Å²) in [5.41, 5.74) is 4.79. The lowest BCUT2D eigenvalue weighted by molar-refractivity contribution is 0.572. The summed E-state index contributed by atoms with van der Waals surface area (Å²) in [6, 6.07) is 20.4. The molecular formula is C25H17ClN8O. The van der Waals surface area contributed by atoms with Crippen LogP contribution in [0.25, 0.3) is 28.1 Å². The lowest BCUT2D eigenvalue weighted by atomic mass is 10.0. The van der Waals surface area contributed by atoms with Gasteiger partial charge in [0, 0.05) is 27.9 Å². The van der Waals surface area contributed by atoms with E-state index < -0.39 is 0 Å². The molecule has 2 aromatic carbocycles. The maximum Gasteiger partial charge on any atom is 0.252 e. The quantitative estimate of drug-likeness (QED) is 0.416. The number of aromatic amines is 1. The first-order valence-electron chi connectivity index (χ1n) is 11.0. The predicted octanol–water partition coefficient (Wildman–Crippen LogP) is 3.94. The highest BCUT2D eigenvalue weighted by atomic mass is 35.5. The van der Waals surface area contributed by atoms with Crippen LogP contribution in [0.5, 0.6) is 0 Å². The summed E-state index contributed by atoms with van der Waals surface area (Å²) in [5, 5.41) is 21.6. The van der Waals surface area contributed by atoms with Crippen molar-refractivity contribution >= 4 is 11.6 Å². The Morgan fingerprint density at radius 3 is 2.71 bits per heavy atom. The topological polar surface area (TPSA) is 118 Å². The SMILES string of the molecule is N#Cc1nc([C@@H]2CCc3cc(-c4cc(Cl)ccc4-n4cnnn4)cc(=O)n32)[nH]c1-c1ccccc1. The van der Waals surface area contributed by atoms with Crippen molar-refractivity contribution in [1.82, 2.24) is 34.7 Å². The van der Waals surface area contributed by atoms with Crippen LogP contribution in [0.1, 0.15) is 29.7 Å². The maximum absolute atomic E-state index is 13.4. The highest BCUT2D eigenvalue weighted by Crippen LogP contribution is 2.35. The zero-order valence-corrected chi connectivity index (χ0v) is 19.0. The summed E-state index contributed by atoms with van der Waals surface area (Å²) in [7, 11) is 0. The Hall–Kier alpha value is -4.55. The summed E-state index contributed by atoms with van der Waals surface area (Å²) in [4.78, 5) is 21.2. The van der Waals surface area contributed by atoms with E-state index in [0.717, 1.165) is 28.1 Å².